The smallest absolute Gasteiger partial charge is 0.205 e. The molecule has 2 rings (SSSR count). The molecule has 0 spiro atoms. The summed E-state index contributed by atoms with van der Waals surface area (Å²) in [7, 11) is 0. The molecule has 0 saturated heterocycles. The molecule has 0 amide bonds. The van der Waals surface area contributed by atoms with Crippen LogP contribution in [0.15, 0.2) is 18.6 Å². The first-order valence-electron chi connectivity index (χ1n) is 4.69. The lowest BCUT2D eigenvalue weighted by atomic mass is 10.4. The number of anilines is 1. The van der Waals surface area contributed by atoms with E-state index in [0.717, 1.165) is 22.3 Å². The molecule has 0 aliphatic rings. The average molecular weight is 221 g/mol. The normalized spacial score (nSPS) is 10.2. The van der Waals surface area contributed by atoms with Gasteiger partial charge in [0.05, 0.1) is 12.2 Å². The first kappa shape index (κ1) is 9.97. The van der Waals surface area contributed by atoms with Gasteiger partial charge in [-0.1, -0.05) is 18.3 Å². The third-order valence-electron chi connectivity index (χ3n) is 1.83. The Bertz CT molecular complexity index is 413. The Morgan fingerprint density at radius 2 is 2.33 bits per heavy atom. The van der Waals surface area contributed by atoms with E-state index in [4.69, 9.17) is 0 Å². The molecule has 1 N–H and O–H groups in total. The minimum absolute atomic E-state index is 0.654. The fraction of sp³-hybridized carbons (Fsp3) is 0.333. The van der Waals surface area contributed by atoms with E-state index in [9.17, 15) is 0 Å². The summed E-state index contributed by atoms with van der Waals surface area (Å²) in [5.74, 6) is 0. The topological polar surface area (TPSA) is 63.6 Å². The summed E-state index contributed by atoms with van der Waals surface area (Å²) in [6.45, 7) is 2.72. The zero-order valence-electron chi connectivity index (χ0n) is 8.34. The minimum Gasteiger partial charge on any atom is -0.354 e. The van der Waals surface area contributed by atoms with Crippen LogP contribution in [0.2, 0.25) is 0 Å². The third kappa shape index (κ3) is 2.69. The molecule has 6 heteroatoms. The zero-order valence-corrected chi connectivity index (χ0v) is 9.16. The molecule has 0 aromatic carbocycles. The Kier molecular flexibility index (Phi) is 3.18. The largest absolute Gasteiger partial charge is 0.354 e. The van der Waals surface area contributed by atoms with Gasteiger partial charge in [0.1, 0.15) is 11.3 Å². The van der Waals surface area contributed by atoms with Crippen molar-refractivity contribution in [1.29, 1.82) is 0 Å². The predicted octanol–water partition coefficient (Wildman–Crippen LogP) is 1.50. The van der Waals surface area contributed by atoms with Crippen molar-refractivity contribution in [3.05, 3.63) is 29.3 Å². The van der Waals surface area contributed by atoms with Crippen molar-refractivity contribution in [2.45, 2.75) is 19.9 Å². The minimum atomic E-state index is 0.654. The quantitative estimate of drug-likeness (QED) is 0.847. The molecule has 2 aromatic heterocycles. The van der Waals surface area contributed by atoms with Crippen LogP contribution in [0.5, 0.6) is 0 Å². The van der Waals surface area contributed by atoms with Gasteiger partial charge in [0.2, 0.25) is 5.13 Å². The molecular formula is C9H11N5S. The van der Waals surface area contributed by atoms with E-state index in [1.807, 2.05) is 6.07 Å². The van der Waals surface area contributed by atoms with E-state index >= 15 is 0 Å². The molecule has 0 unspecified atom stereocenters. The molecule has 0 radical (unpaired) electrons. The number of hydrogen-bond acceptors (Lipinski definition) is 6. The van der Waals surface area contributed by atoms with Crippen molar-refractivity contribution < 1.29 is 0 Å². The van der Waals surface area contributed by atoms with E-state index in [1.165, 1.54) is 6.33 Å². The second kappa shape index (κ2) is 4.79. The van der Waals surface area contributed by atoms with E-state index in [1.54, 1.807) is 17.5 Å². The summed E-state index contributed by atoms with van der Waals surface area (Å²) >= 11 is 1.58. The molecular weight excluding hydrogens is 210 g/mol. The van der Waals surface area contributed by atoms with Gasteiger partial charge in [-0.2, -0.15) is 0 Å². The highest BCUT2D eigenvalue weighted by molar-refractivity contribution is 7.15. The first-order chi connectivity index (χ1) is 7.38. The molecule has 0 fully saturated rings. The van der Waals surface area contributed by atoms with Gasteiger partial charge in [-0.3, -0.25) is 0 Å². The highest BCUT2D eigenvalue weighted by atomic mass is 32.1. The van der Waals surface area contributed by atoms with Crippen LogP contribution in [0.25, 0.3) is 0 Å². The molecule has 0 aliphatic heterocycles. The van der Waals surface area contributed by atoms with Gasteiger partial charge in [0, 0.05) is 6.20 Å². The molecule has 0 aliphatic carbocycles. The second-order valence-electron chi connectivity index (χ2n) is 2.91. The Balaban J connectivity index is 1.93. The molecule has 5 nitrogen and oxygen atoms in total. The maximum atomic E-state index is 4.10. The standard InChI is InChI=1S/C9H11N5S/c1-2-8-13-14-9(15-8)11-5-7-3-4-10-6-12-7/h3-4,6H,2,5H2,1H3,(H,11,14). The van der Waals surface area contributed by atoms with Gasteiger partial charge < -0.3 is 5.32 Å². The summed E-state index contributed by atoms with van der Waals surface area (Å²) in [5, 5.41) is 13.1. The number of rotatable bonds is 4. The lowest BCUT2D eigenvalue weighted by Gasteiger charge is -1.99. The van der Waals surface area contributed by atoms with E-state index in [-0.39, 0.29) is 0 Å². The van der Waals surface area contributed by atoms with Crippen molar-refractivity contribution in [1.82, 2.24) is 20.2 Å². The van der Waals surface area contributed by atoms with Crippen LogP contribution in [0, 0.1) is 0 Å². The third-order valence-corrected chi connectivity index (χ3v) is 2.86. The van der Waals surface area contributed by atoms with Crippen LogP contribution < -0.4 is 5.32 Å². The van der Waals surface area contributed by atoms with Crippen molar-refractivity contribution >= 4 is 16.5 Å². The highest BCUT2D eigenvalue weighted by Gasteiger charge is 2.01. The lowest BCUT2D eigenvalue weighted by molar-refractivity contribution is 0.961. The van der Waals surface area contributed by atoms with E-state index in [2.05, 4.69) is 32.4 Å². The lowest BCUT2D eigenvalue weighted by Crippen LogP contribution is -2.00. The average Bonchev–Trinajstić information content (AvgIpc) is 2.76. The molecule has 2 heterocycles. The van der Waals surface area contributed by atoms with Crippen molar-refractivity contribution in [3.63, 3.8) is 0 Å². The predicted molar refractivity (Wildman–Crippen MR) is 58.6 cm³/mol. The van der Waals surface area contributed by atoms with E-state index in [0.29, 0.717) is 6.54 Å². The monoisotopic (exact) mass is 221 g/mol. The van der Waals surface area contributed by atoms with Crippen LogP contribution in [0.1, 0.15) is 17.6 Å². The van der Waals surface area contributed by atoms with Crippen LogP contribution >= 0.6 is 11.3 Å². The molecule has 15 heavy (non-hydrogen) atoms. The van der Waals surface area contributed by atoms with Crippen LogP contribution in [-0.2, 0) is 13.0 Å². The van der Waals surface area contributed by atoms with E-state index < -0.39 is 0 Å². The number of aromatic nitrogens is 4. The fourth-order valence-corrected chi connectivity index (χ4v) is 1.73. The van der Waals surface area contributed by atoms with Crippen molar-refractivity contribution in [3.8, 4) is 0 Å². The SMILES string of the molecule is CCc1nnc(NCc2ccncn2)s1. The molecule has 0 atom stereocenters. The summed E-state index contributed by atoms with van der Waals surface area (Å²) in [4.78, 5) is 7.96. The van der Waals surface area contributed by atoms with Crippen molar-refractivity contribution in [2.24, 2.45) is 0 Å². The van der Waals surface area contributed by atoms with Gasteiger partial charge >= 0.3 is 0 Å². The maximum absolute atomic E-state index is 4.10. The fourth-order valence-electron chi connectivity index (χ4n) is 1.06. The second-order valence-corrected chi connectivity index (χ2v) is 3.97. The van der Waals surface area contributed by atoms with Gasteiger partial charge in [-0.25, -0.2) is 9.97 Å². The first-order valence-corrected chi connectivity index (χ1v) is 5.51. The van der Waals surface area contributed by atoms with Crippen molar-refractivity contribution in [2.75, 3.05) is 5.32 Å². The van der Waals surface area contributed by atoms with Gasteiger partial charge in [0.25, 0.3) is 0 Å². The van der Waals surface area contributed by atoms with Crippen LogP contribution in [0.3, 0.4) is 0 Å². The van der Waals surface area contributed by atoms with Gasteiger partial charge in [0.15, 0.2) is 0 Å². The van der Waals surface area contributed by atoms with Crippen LogP contribution in [-0.4, -0.2) is 20.2 Å². The Morgan fingerprint density at radius 3 is 3.00 bits per heavy atom. The summed E-state index contributed by atoms with van der Waals surface area (Å²) in [6.07, 6.45) is 4.18. The molecule has 78 valence electrons. The summed E-state index contributed by atoms with van der Waals surface area (Å²) < 4.78 is 0. The number of hydrogen-bond donors (Lipinski definition) is 1. The summed E-state index contributed by atoms with van der Waals surface area (Å²) in [5.41, 5.74) is 0.943. The Hall–Kier alpha value is -1.56. The molecule has 2 aromatic rings. The zero-order chi connectivity index (χ0) is 10.5. The maximum Gasteiger partial charge on any atom is 0.205 e. The molecule has 0 bridgehead atoms. The van der Waals surface area contributed by atoms with Gasteiger partial charge in [-0.05, 0) is 12.5 Å². The number of nitrogens with zero attached hydrogens (tertiary/aromatic N) is 4. The summed E-state index contributed by atoms with van der Waals surface area (Å²) in [6, 6.07) is 1.87. The number of nitrogens with one attached hydrogen (secondary N) is 1. The highest BCUT2D eigenvalue weighted by Crippen LogP contribution is 2.15. The Morgan fingerprint density at radius 1 is 1.40 bits per heavy atom. The Labute approximate surface area is 91.6 Å². The number of aryl methyl sites for hydroxylation is 1. The van der Waals surface area contributed by atoms with Crippen LogP contribution in [0.4, 0.5) is 5.13 Å². The van der Waals surface area contributed by atoms with Gasteiger partial charge in [-0.15, -0.1) is 10.2 Å². The molecule has 0 saturated carbocycles.